The van der Waals surface area contributed by atoms with Crippen molar-refractivity contribution in [3.8, 4) is 11.3 Å². The molecule has 0 amide bonds. The van der Waals surface area contributed by atoms with E-state index in [-0.39, 0.29) is 6.54 Å². The summed E-state index contributed by atoms with van der Waals surface area (Å²) in [5.74, 6) is 1.58. The Labute approximate surface area is 134 Å². The Bertz CT molecular complexity index is 791. The molecule has 5 heteroatoms. The van der Waals surface area contributed by atoms with Crippen molar-refractivity contribution >= 4 is 11.6 Å². The molecule has 0 radical (unpaired) electrons. The lowest BCUT2D eigenvalue weighted by molar-refractivity contribution is 0.510. The number of aromatic nitrogens is 1. The Hall–Kier alpha value is -3.08. The highest BCUT2D eigenvalue weighted by atomic mass is 16.4. The number of guanidine groups is 1. The number of benzene rings is 2. The first-order chi connectivity index (χ1) is 11.2. The van der Waals surface area contributed by atoms with E-state index in [9.17, 15) is 0 Å². The van der Waals surface area contributed by atoms with Crippen molar-refractivity contribution in [2.75, 3.05) is 5.32 Å². The van der Waals surface area contributed by atoms with Gasteiger partial charge in [0.2, 0.25) is 5.89 Å². The van der Waals surface area contributed by atoms with Crippen molar-refractivity contribution in [2.45, 2.75) is 13.5 Å². The second-order valence-corrected chi connectivity index (χ2v) is 5.18. The van der Waals surface area contributed by atoms with Crippen LogP contribution in [0, 0.1) is 6.92 Å². The molecule has 0 unspecified atom stereocenters. The summed E-state index contributed by atoms with van der Waals surface area (Å²) in [7, 11) is 0. The van der Waals surface area contributed by atoms with E-state index in [1.807, 2.05) is 61.5 Å². The minimum atomic E-state index is 0.289. The van der Waals surface area contributed by atoms with E-state index in [0.717, 1.165) is 17.0 Å². The SMILES string of the molecule is Cc1ccc(NC(N)=NCc2ncc(-c3ccccc3)o2)cc1. The molecule has 0 saturated carbocycles. The Kier molecular flexibility index (Phi) is 4.38. The molecule has 23 heavy (non-hydrogen) atoms. The molecule has 0 fully saturated rings. The Balaban J connectivity index is 1.63. The molecule has 0 aliphatic rings. The number of nitrogens with two attached hydrogens (primary N) is 1. The molecule has 0 atom stereocenters. The van der Waals surface area contributed by atoms with Crippen LogP contribution < -0.4 is 11.1 Å². The summed E-state index contributed by atoms with van der Waals surface area (Å²) in [6.45, 7) is 2.33. The molecule has 0 aliphatic heterocycles. The molecule has 3 aromatic rings. The third-order valence-corrected chi connectivity index (χ3v) is 3.32. The fraction of sp³-hybridized carbons (Fsp3) is 0.111. The topological polar surface area (TPSA) is 76.4 Å². The van der Waals surface area contributed by atoms with Crippen LogP contribution >= 0.6 is 0 Å². The summed E-state index contributed by atoms with van der Waals surface area (Å²) in [5, 5.41) is 3.04. The van der Waals surface area contributed by atoms with Gasteiger partial charge in [-0.3, -0.25) is 0 Å². The zero-order valence-corrected chi connectivity index (χ0v) is 12.9. The normalized spacial score (nSPS) is 11.4. The first-order valence-corrected chi connectivity index (χ1v) is 7.34. The van der Waals surface area contributed by atoms with Gasteiger partial charge in [-0.1, -0.05) is 48.0 Å². The molecular weight excluding hydrogens is 288 g/mol. The molecule has 116 valence electrons. The average Bonchev–Trinajstić information content (AvgIpc) is 3.05. The number of anilines is 1. The number of nitrogens with zero attached hydrogens (tertiary/aromatic N) is 2. The quantitative estimate of drug-likeness (QED) is 0.570. The molecule has 0 aliphatic carbocycles. The van der Waals surface area contributed by atoms with Crippen molar-refractivity contribution in [2.24, 2.45) is 10.7 Å². The number of aliphatic imine (C=N–C) groups is 1. The predicted octanol–water partition coefficient (Wildman–Crippen LogP) is 3.58. The summed E-state index contributed by atoms with van der Waals surface area (Å²) in [6.07, 6.45) is 1.70. The van der Waals surface area contributed by atoms with E-state index in [1.54, 1.807) is 6.20 Å². The van der Waals surface area contributed by atoms with E-state index in [1.165, 1.54) is 5.56 Å². The van der Waals surface area contributed by atoms with Gasteiger partial charge in [0.05, 0.1) is 6.20 Å². The zero-order valence-electron chi connectivity index (χ0n) is 12.9. The molecule has 1 aromatic heterocycles. The van der Waals surface area contributed by atoms with Crippen molar-refractivity contribution in [1.82, 2.24) is 4.98 Å². The van der Waals surface area contributed by atoms with Crippen molar-refractivity contribution in [1.29, 1.82) is 0 Å². The van der Waals surface area contributed by atoms with Gasteiger partial charge >= 0.3 is 0 Å². The van der Waals surface area contributed by atoms with Crippen LogP contribution in [0.5, 0.6) is 0 Å². The third kappa shape index (κ3) is 3.97. The average molecular weight is 306 g/mol. The van der Waals surface area contributed by atoms with Gasteiger partial charge in [0.25, 0.3) is 0 Å². The number of aryl methyl sites for hydroxylation is 1. The summed E-state index contributed by atoms with van der Waals surface area (Å²) in [5.41, 5.74) is 8.96. The first-order valence-electron chi connectivity index (χ1n) is 7.34. The molecule has 2 aromatic carbocycles. The maximum atomic E-state index is 5.88. The highest BCUT2D eigenvalue weighted by molar-refractivity contribution is 5.92. The second-order valence-electron chi connectivity index (χ2n) is 5.18. The fourth-order valence-corrected chi connectivity index (χ4v) is 2.10. The predicted molar refractivity (Wildman–Crippen MR) is 92.1 cm³/mol. The minimum Gasteiger partial charge on any atom is -0.439 e. The molecular formula is C18H18N4O. The summed E-state index contributed by atoms with van der Waals surface area (Å²) in [4.78, 5) is 8.47. The van der Waals surface area contributed by atoms with E-state index in [2.05, 4.69) is 15.3 Å². The molecule has 1 heterocycles. The van der Waals surface area contributed by atoms with Gasteiger partial charge in [0.15, 0.2) is 11.7 Å². The molecule has 5 nitrogen and oxygen atoms in total. The summed E-state index contributed by atoms with van der Waals surface area (Å²) >= 11 is 0. The van der Waals surface area contributed by atoms with Gasteiger partial charge in [0, 0.05) is 11.3 Å². The maximum absolute atomic E-state index is 5.88. The van der Waals surface area contributed by atoms with Gasteiger partial charge in [-0.15, -0.1) is 0 Å². The highest BCUT2D eigenvalue weighted by Gasteiger charge is 2.05. The number of hydrogen-bond acceptors (Lipinski definition) is 3. The van der Waals surface area contributed by atoms with Crippen LogP contribution in [0.4, 0.5) is 5.69 Å². The van der Waals surface area contributed by atoms with Gasteiger partial charge in [-0.05, 0) is 19.1 Å². The first kappa shape index (κ1) is 14.8. The number of hydrogen-bond donors (Lipinski definition) is 2. The standard InChI is InChI=1S/C18H18N4O/c1-13-7-9-15(10-8-13)22-18(19)21-12-17-20-11-16(23-17)14-5-3-2-4-6-14/h2-11H,12H2,1H3,(H3,19,21,22). The second kappa shape index (κ2) is 6.79. The number of rotatable bonds is 4. The Morgan fingerprint density at radius 1 is 1.13 bits per heavy atom. The van der Waals surface area contributed by atoms with E-state index >= 15 is 0 Å². The fourth-order valence-electron chi connectivity index (χ4n) is 2.10. The summed E-state index contributed by atoms with van der Waals surface area (Å²) in [6, 6.07) is 17.8. The van der Waals surface area contributed by atoms with Crippen molar-refractivity contribution < 1.29 is 4.42 Å². The van der Waals surface area contributed by atoms with Crippen LogP contribution in [0.25, 0.3) is 11.3 Å². The lowest BCUT2D eigenvalue weighted by Crippen LogP contribution is -2.22. The number of oxazole rings is 1. The highest BCUT2D eigenvalue weighted by Crippen LogP contribution is 2.19. The van der Waals surface area contributed by atoms with E-state index < -0.39 is 0 Å². The van der Waals surface area contributed by atoms with Gasteiger partial charge in [-0.25, -0.2) is 9.98 Å². The minimum absolute atomic E-state index is 0.289. The monoisotopic (exact) mass is 306 g/mol. The Morgan fingerprint density at radius 3 is 2.61 bits per heavy atom. The lowest BCUT2D eigenvalue weighted by atomic mass is 10.2. The van der Waals surface area contributed by atoms with Gasteiger partial charge in [-0.2, -0.15) is 0 Å². The van der Waals surface area contributed by atoms with Crippen LogP contribution in [-0.2, 0) is 6.54 Å². The molecule has 0 spiro atoms. The van der Waals surface area contributed by atoms with Crippen LogP contribution in [-0.4, -0.2) is 10.9 Å². The molecule has 3 rings (SSSR count). The van der Waals surface area contributed by atoms with Crippen LogP contribution in [0.15, 0.2) is 70.2 Å². The molecule has 3 N–H and O–H groups in total. The lowest BCUT2D eigenvalue weighted by Gasteiger charge is -2.05. The van der Waals surface area contributed by atoms with Crippen LogP contribution in [0.3, 0.4) is 0 Å². The van der Waals surface area contributed by atoms with Crippen molar-refractivity contribution in [3.63, 3.8) is 0 Å². The molecule has 0 bridgehead atoms. The van der Waals surface area contributed by atoms with E-state index in [4.69, 9.17) is 10.2 Å². The summed E-state index contributed by atoms with van der Waals surface area (Å²) < 4.78 is 5.68. The Morgan fingerprint density at radius 2 is 1.87 bits per heavy atom. The van der Waals surface area contributed by atoms with Gasteiger partial charge in [0.1, 0.15) is 6.54 Å². The smallest absolute Gasteiger partial charge is 0.216 e. The van der Waals surface area contributed by atoms with E-state index in [0.29, 0.717) is 11.9 Å². The van der Waals surface area contributed by atoms with Gasteiger partial charge < -0.3 is 15.5 Å². The maximum Gasteiger partial charge on any atom is 0.216 e. The van der Waals surface area contributed by atoms with Crippen LogP contribution in [0.2, 0.25) is 0 Å². The largest absolute Gasteiger partial charge is 0.439 e. The molecule has 0 saturated heterocycles. The third-order valence-electron chi connectivity index (χ3n) is 3.32. The van der Waals surface area contributed by atoms with Crippen LogP contribution in [0.1, 0.15) is 11.5 Å². The zero-order chi connectivity index (χ0) is 16.1. The van der Waals surface area contributed by atoms with Crippen molar-refractivity contribution in [3.05, 3.63) is 72.2 Å². The number of nitrogens with one attached hydrogen (secondary N) is 1.